The van der Waals surface area contributed by atoms with Gasteiger partial charge in [0.05, 0.1) is 15.7 Å². The van der Waals surface area contributed by atoms with E-state index in [1.165, 1.54) is 24.8 Å². The normalized spacial score (nSPS) is 14.4. The van der Waals surface area contributed by atoms with E-state index < -0.39 is 0 Å². The Morgan fingerprint density at radius 3 is 2.55 bits per heavy atom. The highest BCUT2D eigenvalue weighted by molar-refractivity contribution is 7.99. The molecule has 1 amide bonds. The van der Waals surface area contributed by atoms with Crippen LogP contribution in [0.3, 0.4) is 0 Å². The highest BCUT2D eigenvalue weighted by Crippen LogP contribution is 2.32. The van der Waals surface area contributed by atoms with Gasteiger partial charge in [0.15, 0.2) is 11.0 Å². The lowest BCUT2D eigenvalue weighted by molar-refractivity contribution is -0.122. The van der Waals surface area contributed by atoms with Crippen LogP contribution in [0.25, 0.3) is 17.1 Å². The minimum atomic E-state index is 0.147. The van der Waals surface area contributed by atoms with E-state index in [9.17, 15) is 4.79 Å². The average Bonchev–Trinajstić information content (AvgIpc) is 3.23. The monoisotopic (exact) mass is 502 g/mol. The minimum Gasteiger partial charge on any atom is -0.353 e. The quantitative estimate of drug-likeness (QED) is 0.269. The van der Waals surface area contributed by atoms with Crippen LogP contribution in [0, 0.1) is 6.92 Å². The zero-order chi connectivity index (χ0) is 23.2. The van der Waals surface area contributed by atoms with Gasteiger partial charge in [-0.15, -0.1) is 10.2 Å². The molecule has 1 heterocycles. The molecule has 1 aliphatic rings. The smallest absolute Gasteiger partial charge is 0.220 e. The van der Waals surface area contributed by atoms with Gasteiger partial charge in [0.25, 0.3) is 0 Å². The number of aryl methyl sites for hydroxylation is 1. The van der Waals surface area contributed by atoms with Gasteiger partial charge in [-0.05, 0) is 44.4 Å². The Kier molecular flexibility index (Phi) is 8.34. The van der Waals surface area contributed by atoms with Crippen LogP contribution in [0.2, 0.25) is 10.0 Å². The fourth-order valence-corrected chi connectivity index (χ4v) is 5.24. The predicted molar refractivity (Wildman–Crippen MR) is 137 cm³/mol. The van der Waals surface area contributed by atoms with E-state index >= 15 is 0 Å². The van der Waals surface area contributed by atoms with Crippen molar-refractivity contribution >= 4 is 40.9 Å². The van der Waals surface area contributed by atoms with E-state index in [0.29, 0.717) is 22.5 Å². The van der Waals surface area contributed by atoms with Crippen LogP contribution < -0.4 is 5.32 Å². The van der Waals surface area contributed by atoms with E-state index in [1.54, 1.807) is 17.8 Å². The van der Waals surface area contributed by atoms with Gasteiger partial charge in [-0.3, -0.25) is 9.36 Å². The van der Waals surface area contributed by atoms with E-state index in [1.807, 2.05) is 28.8 Å². The maximum atomic E-state index is 12.3. The summed E-state index contributed by atoms with van der Waals surface area (Å²) in [5.74, 6) is 1.66. The highest BCUT2D eigenvalue weighted by Gasteiger charge is 2.18. The molecule has 5 nitrogen and oxygen atoms in total. The second kappa shape index (κ2) is 11.4. The number of benzene rings is 2. The molecule has 0 saturated heterocycles. The molecule has 0 spiro atoms. The molecule has 3 aromatic rings. The number of rotatable bonds is 8. The third-order valence-electron chi connectivity index (χ3n) is 5.85. The van der Waals surface area contributed by atoms with Gasteiger partial charge in [-0.2, -0.15) is 0 Å². The lowest BCUT2D eigenvalue weighted by atomic mass is 9.95. The molecular weight excluding hydrogens is 475 g/mol. The number of thioether (sulfide) groups is 1. The number of nitrogens with zero attached hydrogens (tertiary/aromatic N) is 3. The zero-order valence-corrected chi connectivity index (χ0v) is 21.0. The second-order valence-electron chi connectivity index (χ2n) is 8.46. The zero-order valence-electron chi connectivity index (χ0n) is 18.7. The number of nitrogens with one attached hydrogen (secondary N) is 1. The maximum absolute atomic E-state index is 12.3. The lowest BCUT2D eigenvalue weighted by Gasteiger charge is -2.22. The fourth-order valence-electron chi connectivity index (χ4n) is 4.05. The molecule has 4 rings (SSSR count). The Morgan fingerprint density at radius 2 is 1.82 bits per heavy atom. The summed E-state index contributed by atoms with van der Waals surface area (Å²) in [7, 11) is 0. The van der Waals surface area contributed by atoms with Crippen LogP contribution in [0.5, 0.6) is 0 Å². The van der Waals surface area contributed by atoms with Crippen molar-refractivity contribution in [3.8, 4) is 17.1 Å². The largest absolute Gasteiger partial charge is 0.353 e. The van der Waals surface area contributed by atoms with Crippen molar-refractivity contribution in [1.29, 1.82) is 0 Å². The number of halogens is 2. The molecule has 8 heteroatoms. The molecule has 1 N–H and O–H groups in total. The summed E-state index contributed by atoms with van der Waals surface area (Å²) in [5.41, 5.74) is 3.00. The molecule has 0 aliphatic heterocycles. The molecule has 174 valence electrons. The van der Waals surface area contributed by atoms with Crippen LogP contribution in [0.1, 0.15) is 50.5 Å². The molecule has 1 aliphatic carbocycles. The van der Waals surface area contributed by atoms with Gasteiger partial charge in [-0.1, -0.05) is 84.1 Å². The predicted octanol–water partition coefficient (Wildman–Crippen LogP) is 6.87. The van der Waals surface area contributed by atoms with Crippen molar-refractivity contribution in [2.24, 2.45) is 0 Å². The Hall–Kier alpha value is -2.02. The first-order chi connectivity index (χ1) is 16.0. The molecular formula is C25H28Cl2N4OS. The Balaban J connectivity index is 1.46. The SMILES string of the molecule is Cc1ccc(-c2nnc(SCCCC(=O)NC3CCCCC3)n2-c2ccc(Cl)c(Cl)c2)cc1. The Morgan fingerprint density at radius 1 is 1.06 bits per heavy atom. The third kappa shape index (κ3) is 6.31. The first-order valence-electron chi connectivity index (χ1n) is 11.4. The molecule has 2 aromatic carbocycles. The Bertz CT molecular complexity index is 1090. The van der Waals surface area contributed by atoms with Crippen LogP contribution in [0.4, 0.5) is 0 Å². The summed E-state index contributed by atoms with van der Waals surface area (Å²) in [4.78, 5) is 12.3. The summed E-state index contributed by atoms with van der Waals surface area (Å²) in [6.45, 7) is 2.05. The van der Waals surface area contributed by atoms with E-state index in [0.717, 1.165) is 47.2 Å². The molecule has 1 aromatic heterocycles. The molecule has 1 fully saturated rings. The Labute approximate surface area is 209 Å². The number of aromatic nitrogens is 3. The molecule has 0 bridgehead atoms. The van der Waals surface area contributed by atoms with Crippen molar-refractivity contribution in [2.75, 3.05) is 5.75 Å². The van der Waals surface area contributed by atoms with Gasteiger partial charge >= 0.3 is 0 Å². The van der Waals surface area contributed by atoms with Gasteiger partial charge in [0.1, 0.15) is 0 Å². The first-order valence-corrected chi connectivity index (χ1v) is 13.2. The van der Waals surface area contributed by atoms with Crippen molar-refractivity contribution in [3.05, 3.63) is 58.1 Å². The number of carbonyl (C=O) groups is 1. The van der Waals surface area contributed by atoms with Crippen LogP contribution >= 0.6 is 35.0 Å². The van der Waals surface area contributed by atoms with E-state index in [4.69, 9.17) is 23.2 Å². The van der Waals surface area contributed by atoms with Gasteiger partial charge < -0.3 is 5.32 Å². The molecule has 33 heavy (non-hydrogen) atoms. The van der Waals surface area contributed by atoms with E-state index in [2.05, 4.69) is 34.6 Å². The maximum Gasteiger partial charge on any atom is 0.220 e. The molecule has 0 atom stereocenters. The molecule has 1 saturated carbocycles. The van der Waals surface area contributed by atoms with Crippen molar-refractivity contribution in [2.45, 2.75) is 63.1 Å². The van der Waals surface area contributed by atoms with Gasteiger partial charge in [-0.25, -0.2) is 0 Å². The summed E-state index contributed by atoms with van der Waals surface area (Å²) in [5, 5.41) is 13.9. The summed E-state index contributed by atoms with van der Waals surface area (Å²) in [6, 6.07) is 14.1. The van der Waals surface area contributed by atoms with Gasteiger partial charge in [0, 0.05) is 23.8 Å². The molecule has 0 radical (unpaired) electrons. The van der Waals surface area contributed by atoms with Gasteiger partial charge in [0.2, 0.25) is 5.91 Å². The summed E-state index contributed by atoms with van der Waals surface area (Å²) >= 11 is 14.0. The van der Waals surface area contributed by atoms with Crippen LogP contribution in [0.15, 0.2) is 47.6 Å². The minimum absolute atomic E-state index is 0.147. The van der Waals surface area contributed by atoms with Crippen LogP contribution in [-0.4, -0.2) is 32.5 Å². The number of carbonyl (C=O) groups excluding carboxylic acids is 1. The highest BCUT2D eigenvalue weighted by atomic mass is 35.5. The number of hydrogen-bond acceptors (Lipinski definition) is 4. The lowest BCUT2D eigenvalue weighted by Crippen LogP contribution is -2.36. The van der Waals surface area contributed by atoms with E-state index in [-0.39, 0.29) is 5.91 Å². The third-order valence-corrected chi connectivity index (χ3v) is 7.61. The topological polar surface area (TPSA) is 59.8 Å². The first kappa shape index (κ1) is 24.1. The summed E-state index contributed by atoms with van der Waals surface area (Å²) in [6.07, 6.45) is 7.23. The second-order valence-corrected chi connectivity index (χ2v) is 10.3. The number of amides is 1. The van der Waals surface area contributed by atoms with Crippen molar-refractivity contribution in [1.82, 2.24) is 20.1 Å². The average molecular weight is 503 g/mol. The van der Waals surface area contributed by atoms with Crippen LogP contribution in [-0.2, 0) is 4.79 Å². The number of hydrogen-bond donors (Lipinski definition) is 1. The van der Waals surface area contributed by atoms with Crippen molar-refractivity contribution < 1.29 is 4.79 Å². The van der Waals surface area contributed by atoms with Crippen molar-refractivity contribution in [3.63, 3.8) is 0 Å². The molecule has 0 unspecified atom stereocenters. The fraction of sp³-hybridized carbons (Fsp3) is 0.400. The summed E-state index contributed by atoms with van der Waals surface area (Å²) < 4.78 is 2.00. The standard InChI is InChI=1S/C25H28Cl2N4OS/c1-17-9-11-18(12-10-17)24-29-30-25(31(24)20-13-14-21(26)22(27)16-20)33-15-5-8-23(32)28-19-6-3-2-4-7-19/h9-14,16,19H,2-8,15H2,1H3,(H,28,32).